The summed E-state index contributed by atoms with van der Waals surface area (Å²) < 4.78 is 10.3. The van der Waals surface area contributed by atoms with E-state index in [1.54, 1.807) is 13.2 Å². The first kappa shape index (κ1) is 20.6. The lowest BCUT2D eigenvalue weighted by atomic mass is 10.0. The molecule has 28 heavy (non-hydrogen) atoms. The Morgan fingerprint density at radius 3 is 2.39 bits per heavy atom. The van der Waals surface area contributed by atoms with E-state index in [9.17, 15) is 4.79 Å². The molecule has 0 aliphatic carbocycles. The molecule has 0 aromatic heterocycles. The Morgan fingerprint density at radius 2 is 1.79 bits per heavy atom. The summed E-state index contributed by atoms with van der Waals surface area (Å²) >= 11 is 6.34. The molecule has 5 nitrogen and oxygen atoms in total. The van der Waals surface area contributed by atoms with Gasteiger partial charge < -0.3 is 9.47 Å². The summed E-state index contributed by atoms with van der Waals surface area (Å²) in [4.78, 5) is 14.9. The second-order valence-electron chi connectivity index (χ2n) is 6.92. The Balaban J connectivity index is 1.82. The number of hydrogen-bond donors (Lipinski definition) is 1. The number of carbonyl (C=O) groups is 1. The van der Waals surface area contributed by atoms with Crippen molar-refractivity contribution in [2.24, 2.45) is 0 Å². The Morgan fingerprint density at radius 1 is 1.11 bits per heavy atom. The lowest BCUT2D eigenvalue weighted by molar-refractivity contribution is -0.143. The fourth-order valence-electron chi connectivity index (χ4n) is 3.71. The maximum Gasteiger partial charge on any atom is 0.327 e. The molecule has 0 saturated carbocycles. The smallest absolute Gasteiger partial charge is 0.327 e. The number of rotatable bonds is 8. The summed E-state index contributed by atoms with van der Waals surface area (Å²) in [5.74, 6) is 0.489. The number of halogens is 1. The van der Waals surface area contributed by atoms with Crippen molar-refractivity contribution in [3.05, 3.63) is 64.7 Å². The van der Waals surface area contributed by atoms with Gasteiger partial charge in [0.2, 0.25) is 0 Å². The number of nitrogens with zero attached hydrogens (tertiary/aromatic N) is 1. The normalized spacial score (nSPS) is 16.5. The van der Waals surface area contributed by atoms with Crippen LogP contribution in [-0.4, -0.2) is 44.7 Å². The number of carbonyl (C=O) groups excluding carboxylic acids is 1. The number of benzene rings is 2. The lowest BCUT2D eigenvalue weighted by Crippen LogP contribution is -2.38. The minimum absolute atomic E-state index is 0.156. The van der Waals surface area contributed by atoms with Gasteiger partial charge in [-0.1, -0.05) is 41.9 Å². The summed E-state index contributed by atoms with van der Waals surface area (Å²) in [6, 6.07) is 15.0. The van der Waals surface area contributed by atoms with Crippen LogP contribution in [-0.2, 0) is 9.53 Å². The van der Waals surface area contributed by atoms with Crippen LogP contribution in [0.15, 0.2) is 48.5 Å². The van der Waals surface area contributed by atoms with Gasteiger partial charge in [-0.25, -0.2) is 4.79 Å². The predicted molar refractivity (Wildman–Crippen MR) is 111 cm³/mol. The highest BCUT2D eigenvalue weighted by Crippen LogP contribution is 2.28. The number of likely N-dealkylation sites (tertiary alicyclic amines) is 1. The van der Waals surface area contributed by atoms with Crippen LogP contribution in [0.3, 0.4) is 0 Å². The molecule has 1 aliphatic heterocycles. The first-order valence-corrected chi connectivity index (χ1v) is 9.95. The molecule has 1 heterocycles. The molecule has 2 unspecified atom stereocenters. The number of hydrogen-bond acceptors (Lipinski definition) is 5. The topological polar surface area (TPSA) is 50.8 Å². The van der Waals surface area contributed by atoms with E-state index < -0.39 is 6.04 Å². The molecule has 1 N–H and O–H groups in total. The van der Waals surface area contributed by atoms with Crippen molar-refractivity contribution in [3.63, 3.8) is 0 Å². The summed E-state index contributed by atoms with van der Waals surface area (Å²) in [5.41, 5.74) is 1.92. The minimum Gasteiger partial charge on any atom is -0.497 e. The van der Waals surface area contributed by atoms with Crippen LogP contribution in [0, 0.1) is 0 Å². The van der Waals surface area contributed by atoms with E-state index in [2.05, 4.69) is 22.3 Å². The fraction of sp³-hybridized carbons (Fsp3) is 0.409. The minimum atomic E-state index is -0.609. The Kier molecular flexibility index (Phi) is 7.31. The van der Waals surface area contributed by atoms with E-state index in [-0.39, 0.29) is 12.0 Å². The highest BCUT2D eigenvalue weighted by molar-refractivity contribution is 6.31. The largest absolute Gasteiger partial charge is 0.497 e. The van der Waals surface area contributed by atoms with Crippen LogP contribution in [0.2, 0.25) is 5.02 Å². The van der Waals surface area contributed by atoms with E-state index in [0.29, 0.717) is 11.6 Å². The first-order chi connectivity index (χ1) is 13.6. The third kappa shape index (κ3) is 4.85. The van der Waals surface area contributed by atoms with Crippen LogP contribution >= 0.6 is 11.6 Å². The third-order valence-corrected chi connectivity index (χ3v) is 5.59. The van der Waals surface area contributed by atoms with Crippen LogP contribution in [0.1, 0.15) is 36.1 Å². The highest BCUT2D eigenvalue weighted by atomic mass is 35.5. The van der Waals surface area contributed by atoms with Gasteiger partial charge in [0, 0.05) is 17.6 Å². The van der Waals surface area contributed by atoms with Gasteiger partial charge in [0.25, 0.3) is 0 Å². The molecule has 0 radical (unpaired) electrons. The molecule has 1 aliphatic rings. The molecular weight excluding hydrogens is 376 g/mol. The molecule has 3 rings (SSSR count). The summed E-state index contributed by atoms with van der Waals surface area (Å²) in [5, 5.41) is 3.95. The van der Waals surface area contributed by atoms with Gasteiger partial charge in [-0.3, -0.25) is 10.2 Å². The molecule has 6 heteroatoms. The van der Waals surface area contributed by atoms with E-state index in [0.717, 1.165) is 24.4 Å². The van der Waals surface area contributed by atoms with Gasteiger partial charge in [0.15, 0.2) is 0 Å². The number of ether oxygens (including phenoxy) is 2. The van der Waals surface area contributed by atoms with Crippen molar-refractivity contribution in [2.75, 3.05) is 33.9 Å². The summed E-state index contributed by atoms with van der Waals surface area (Å²) in [6.07, 6.45) is 2.38. The number of esters is 1. The first-order valence-electron chi connectivity index (χ1n) is 9.57. The van der Waals surface area contributed by atoms with Crippen molar-refractivity contribution >= 4 is 17.6 Å². The Bertz CT molecular complexity index is 776. The summed E-state index contributed by atoms with van der Waals surface area (Å²) in [6.45, 7) is 2.71. The molecule has 0 bridgehead atoms. The van der Waals surface area contributed by atoms with Crippen molar-refractivity contribution in [1.29, 1.82) is 0 Å². The van der Waals surface area contributed by atoms with Crippen molar-refractivity contribution in [1.82, 2.24) is 10.2 Å². The SMILES string of the molecule is COC(=O)C(NCC(c1ccc(OC)cc1)N1CCCC1)c1ccccc1Cl. The van der Waals surface area contributed by atoms with Crippen LogP contribution in [0.5, 0.6) is 5.75 Å². The molecule has 150 valence electrons. The van der Waals surface area contributed by atoms with E-state index in [1.165, 1.54) is 25.5 Å². The number of nitrogens with one attached hydrogen (secondary N) is 1. The van der Waals surface area contributed by atoms with Crippen molar-refractivity contribution < 1.29 is 14.3 Å². The van der Waals surface area contributed by atoms with Crippen LogP contribution in [0.4, 0.5) is 0 Å². The second kappa shape index (κ2) is 9.92. The van der Waals surface area contributed by atoms with Gasteiger partial charge in [-0.05, 0) is 55.3 Å². The maximum atomic E-state index is 12.4. The van der Waals surface area contributed by atoms with Gasteiger partial charge in [-0.15, -0.1) is 0 Å². The molecule has 0 amide bonds. The molecular formula is C22H27ClN2O3. The van der Waals surface area contributed by atoms with Gasteiger partial charge in [-0.2, -0.15) is 0 Å². The average molecular weight is 403 g/mol. The Labute approximate surface area is 171 Å². The van der Waals surface area contributed by atoms with Gasteiger partial charge >= 0.3 is 5.97 Å². The van der Waals surface area contributed by atoms with Gasteiger partial charge in [0.1, 0.15) is 11.8 Å². The molecule has 2 aromatic rings. The third-order valence-electron chi connectivity index (χ3n) is 5.25. The number of methoxy groups -OCH3 is 2. The zero-order chi connectivity index (χ0) is 19.9. The monoisotopic (exact) mass is 402 g/mol. The van der Waals surface area contributed by atoms with Crippen molar-refractivity contribution in [3.8, 4) is 5.75 Å². The molecule has 1 fully saturated rings. The predicted octanol–water partition coefficient (Wildman–Crippen LogP) is 3.99. The van der Waals surface area contributed by atoms with Crippen molar-refractivity contribution in [2.45, 2.75) is 24.9 Å². The Hall–Kier alpha value is -2.08. The summed E-state index contributed by atoms with van der Waals surface area (Å²) in [7, 11) is 3.06. The zero-order valence-electron chi connectivity index (χ0n) is 16.4. The second-order valence-corrected chi connectivity index (χ2v) is 7.33. The molecule has 2 aromatic carbocycles. The van der Waals surface area contributed by atoms with Gasteiger partial charge in [0.05, 0.1) is 14.2 Å². The fourth-order valence-corrected chi connectivity index (χ4v) is 3.96. The quantitative estimate of drug-likeness (QED) is 0.676. The molecule has 2 atom stereocenters. The molecule has 0 spiro atoms. The van der Waals surface area contributed by atoms with Crippen LogP contribution in [0.25, 0.3) is 0 Å². The zero-order valence-corrected chi connectivity index (χ0v) is 17.1. The van der Waals surface area contributed by atoms with Crippen LogP contribution < -0.4 is 10.1 Å². The maximum absolute atomic E-state index is 12.4. The van der Waals surface area contributed by atoms with E-state index in [4.69, 9.17) is 21.1 Å². The van der Waals surface area contributed by atoms with E-state index >= 15 is 0 Å². The van der Waals surface area contributed by atoms with E-state index in [1.807, 2.05) is 30.3 Å². The molecule has 1 saturated heterocycles. The average Bonchev–Trinajstić information content (AvgIpc) is 3.26. The standard InChI is InChI=1S/C22H27ClN2O3/c1-27-17-11-9-16(10-12-17)20(25-13-5-6-14-25)15-24-21(22(26)28-2)18-7-3-4-8-19(18)23/h3-4,7-12,20-21,24H,5-6,13-15H2,1-2H3. The lowest BCUT2D eigenvalue weighted by Gasteiger charge is -2.30. The highest BCUT2D eigenvalue weighted by Gasteiger charge is 2.28.